The third-order valence-corrected chi connectivity index (χ3v) is 7.89. The van der Waals surface area contributed by atoms with Crippen molar-refractivity contribution in [3.05, 3.63) is 81.5 Å². The molecular formula is C32H32ClFN4O4. The number of ether oxygens (including phenoxy) is 3. The largest absolute Gasteiger partial charge is 0.497 e. The fourth-order valence-corrected chi connectivity index (χ4v) is 5.77. The first-order chi connectivity index (χ1) is 20.2. The molecule has 3 heterocycles. The number of halogens is 2. The van der Waals surface area contributed by atoms with E-state index >= 15 is 4.39 Å². The summed E-state index contributed by atoms with van der Waals surface area (Å²) in [5.74, 6) is 0.195. The highest BCUT2D eigenvalue weighted by atomic mass is 35.5. The van der Waals surface area contributed by atoms with Crippen molar-refractivity contribution in [2.75, 3.05) is 19.5 Å². The van der Waals surface area contributed by atoms with E-state index in [1.807, 2.05) is 50.4 Å². The zero-order valence-corrected chi connectivity index (χ0v) is 24.5. The maximum absolute atomic E-state index is 15.4. The number of nitrogen functional groups attached to an aromatic ring is 1. The molecule has 218 valence electrons. The van der Waals surface area contributed by atoms with Gasteiger partial charge in [-0.25, -0.2) is 9.07 Å². The van der Waals surface area contributed by atoms with Gasteiger partial charge in [-0.3, -0.25) is 4.79 Å². The van der Waals surface area contributed by atoms with Gasteiger partial charge in [-0.1, -0.05) is 29.8 Å². The molecule has 6 rings (SSSR count). The Balaban J connectivity index is 1.60. The second kappa shape index (κ2) is 11.3. The van der Waals surface area contributed by atoms with Gasteiger partial charge in [-0.2, -0.15) is 5.10 Å². The van der Waals surface area contributed by atoms with Crippen LogP contribution >= 0.6 is 11.6 Å². The van der Waals surface area contributed by atoms with Crippen molar-refractivity contribution in [3.63, 3.8) is 0 Å². The summed E-state index contributed by atoms with van der Waals surface area (Å²) >= 11 is 6.61. The van der Waals surface area contributed by atoms with Gasteiger partial charge in [0.2, 0.25) is 0 Å². The molecule has 0 bridgehead atoms. The van der Waals surface area contributed by atoms with E-state index in [4.69, 9.17) is 36.6 Å². The highest BCUT2D eigenvalue weighted by Gasteiger charge is 2.24. The molecule has 0 radical (unpaired) electrons. The normalized spacial score (nSPS) is 15.5. The van der Waals surface area contributed by atoms with Crippen LogP contribution in [0.25, 0.3) is 32.9 Å². The van der Waals surface area contributed by atoms with Crippen LogP contribution in [0, 0.1) is 5.82 Å². The summed E-state index contributed by atoms with van der Waals surface area (Å²) in [6.07, 6.45) is 4.30. The molecule has 3 aromatic carbocycles. The number of anilines is 1. The van der Waals surface area contributed by atoms with Crippen LogP contribution < -0.4 is 20.8 Å². The molecule has 1 aliphatic heterocycles. The average Bonchev–Trinajstić information content (AvgIpc) is 3.45. The number of benzene rings is 3. The summed E-state index contributed by atoms with van der Waals surface area (Å²) < 4.78 is 35.8. The fourth-order valence-electron chi connectivity index (χ4n) is 5.57. The first-order valence-corrected chi connectivity index (χ1v) is 14.4. The predicted octanol–water partition coefficient (Wildman–Crippen LogP) is 6.94. The molecule has 1 atom stereocenters. The van der Waals surface area contributed by atoms with Crippen LogP contribution in [0.2, 0.25) is 5.02 Å². The minimum atomic E-state index is -0.571. The van der Waals surface area contributed by atoms with Crippen LogP contribution in [0.15, 0.2) is 59.5 Å². The summed E-state index contributed by atoms with van der Waals surface area (Å²) in [4.78, 5) is 13.9. The fraction of sp³-hybridized carbons (Fsp3) is 0.312. The van der Waals surface area contributed by atoms with E-state index in [1.54, 1.807) is 23.9 Å². The number of nitrogens with two attached hydrogens (primary N) is 1. The number of rotatable bonds is 7. The Kier molecular flexibility index (Phi) is 7.55. The topological polar surface area (TPSA) is 93.5 Å². The summed E-state index contributed by atoms with van der Waals surface area (Å²) in [5.41, 5.74) is 9.20. The van der Waals surface area contributed by atoms with Gasteiger partial charge in [0, 0.05) is 35.2 Å². The number of fused-ring (bicyclic) bond motifs is 2. The summed E-state index contributed by atoms with van der Waals surface area (Å²) in [6, 6.07) is 13.9. The second-order valence-electron chi connectivity index (χ2n) is 10.8. The third-order valence-electron chi connectivity index (χ3n) is 7.58. The maximum atomic E-state index is 15.4. The van der Waals surface area contributed by atoms with Gasteiger partial charge < -0.3 is 24.5 Å². The number of hydrogen-bond donors (Lipinski definition) is 1. The maximum Gasteiger partial charge on any atom is 0.275 e. The Morgan fingerprint density at radius 1 is 1.14 bits per heavy atom. The molecule has 2 aromatic heterocycles. The van der Waals surface area contributed by atoms with E-state index in [1.165, 1.54) is 10.6 Å². The Hall–Kier alpha value is -4.08. The van der Waals surface area contributed by atoms with Crippen molar-refractivity contribution in [3.8, 4) is 22.6 Å². The monoisotopic (exact) mass is 590 g/mol. The standard InChI is InChI=1S/C32H32ClFN4O4/c1-18(2)42-27-14-22-26(15-25(27)34)37(16-19-7-9-20(40-3)10-8-19)32(39)30(35)29(22)21-11-12-24(33)31-23(21)17-38(36-31)28-6-4-5-13-41-28/h7-12,14-15,17-18,28H,4-6,13,16,35H2,1-3H3. The second-order valence-corrected chi connectivity index (χ2v) is 11.2. The molecule has 0 amide bonds. The number of methoxy groups -OCH3 is 1. The zero-order valence-electron chi connectivity index (χ0n) is 23.7. The van der Waals surface area contributed by atoms with E-state index < -0.39 is 11.4 Å². The van der Waals surface area contributed by atoms with E-state index in [-0.39, 0.29) is 30.3 Å². The van der Waals surface area contributed by atoms with Crippen molar-refractivity contribution in [1.82, 2.24) is 14.3 Å². The van der Waals surface area contributed by atoms with Gasteiger partial charge >= 0.3 is 0 Å². The molecule has 1 fully saturated rings. The number of aromatic nitrogens is 3. The number of nitrogens with zero attached hydrogens (tertiary/aromatic N) is 3. The van der Waals surface area contributed by atoms with Crippen molar-refractivity contribution in [2.45, 2.75) is 52.0 Å². The van der Waals surface area contributed by atoms with Gasteiger partial charge in [0.25, 0.3) is 5.56 Å². The molecule has 0 aliphatic carbocycles. The zero-order chi connectivity index (χ0) is 29.5. The number of hydrogen-bond acceptors (Lipinski definition) is 6. The van der Waals surface area contributed by atoms with E-state index in [9.17, 15) is 4.79 Å². The highest BCUT2D eigenvalue weighted by molar-refractivity contribution is 6.35. The van der Waals surface area contributed by atoms with Crippen LogP contribution in [0.5, 0.6) is 11.5 Å². The average molecular weight is 591 g/mol. The lowest BCUT2D eigenvalue weighted by molar-refractivity contribution is -0.0390. The van der Waals surface area contributed by atoms with Crippen molar-refractivity contribution < 1.29 is 18.6 Å². The van der Waals surface area contributed by atoms with Gasteiger partial charge in [0.1, 0.15) is 23.2 Å². The molecule has 10 heteroatoms. The first kappa shape index (κ1) is 28.1. The molecule has 42 heavy (non-hydrogen) atoms. The Morgan fingerprint density at radius 3 is 2.62 bits per heavy atom. The smallest absolute Gasteiger partial charge is 0.275 e. The van der Waals surface area contributed by atoms with Crippen molar-refractivity contribution in [2.24, 2.45) is 0 Å². The number of pyridine rings is 1. The van der Waals surface area contributed by atoms with Crippen LogP contribution in [0.3, 0.4) is 0 Å². The molecular weight excluding hydrogens is 559 g/mol. The molecule has 1 unspecified atom stereocenters. The van der Waals surface area contributed by atoms with Crippen LogP contribution in [0.1, 0.15) is 44.9 Å². The van der Waals surface area contributed by atoms with E-state index in [0.717, 1.165) is 24.8 Å². The first-order valence-electron chi connectivity index (χ1n) is 14.0. The van der Waals surface area contributed by atoms with Crippen LogP contribution in [0.4, 0.5) is 10.1 Å². The summed E-state index contributed by atoms with van der Waals surface area (Å²) in [6.45, 7) is 4.50. The van der Waals surface area contributed by atoms with E-state index in [0.29, 0.717) is 50.3 Å². The lowest BCUT2D eigenvalue weighted by atomic mass is 9.96. The minimum Gasteiger partial charge on any atom is -0.497 e. The van der Waals surface area contributed by atoms with Crippen molar-refractivity contribution in [1.29, 1.82) is 0 Å². The SMILES string of the molecule is COc1ccc(Cn2c(=O)c(N)c(-c3ccc(Cl)c4nn(C5CCCCO5)cc34)c3cc(OC(C)C)c(F)cc32)cc1. The molecule has 0 spiro atoms. The molecule has 8 nitrogen and oxygen atoms in total. The van der Waals surface area contributed by atoms with Gasteiger partial charge in [-0.15, -0.1) is 0 Å². The Labute approximate surface area is 247 Å². The molecule has 2 N–H and O–H groups in total. The quantitative estimate of drug-likeness (QED) is 0.221. The summed E-state index contributed by atoms with van der Waals surface area (Å²) in [5, 5.41) is 6.51. The molecule has 1 saturated heterocycles. The highest BCUT2D eigenvalue weighted by Crippen LogP contribution is 2.41. The Bertz CT molecular complexity index is 1840. The molecule has 1 aliphatic rings. The Morgan fingerprint density at radius 2 is 1.93 bits per heavy atom. The van der Waals surface area contributed by atoms with Crippen molar-refractivity contribution >= 4 is 39.1 Å². The molecule has 0 saturated carbocycles. The minimum absolute atomic E-state index is 0.0309. The van der Waals surface area contributed by atoms with Gasteiger partial charge in [0.05, 0.1) is 30.3 Å². The predicted molar refractivity (Wildman–Crippen MR) is 163 cm³/mol. The van der Waals surface area contributed by atoms with Gasteiger partial charge in [-0.05, 0) is 68.5 Å². The molecule has 5 aromatic rings. The third kappa shape index (κ3) is 5.07. The lowest BCUT2D eigenvalue weighted by Gasteiger charge is -2.22. The van der Waals surface area contributed by atoms with Gasteiger partial charge in [0.15, 0.2) is 11.6 Å². The lowest BCUT2D eigenvalue weighted by Crippen LogP contribution is -2.25. The van der Waals surface area contributed by atoms with Crippen LogP contribution in [-0.4, -0.2) is 34.2 Å². The van der Waals surface area contributed by atoms with E-state index in [2.05, 4.69) is 0 Å². The van der Waals surface area contributed by atoms with Crippen LogP contribution in [-0.2, 0) is 11.3 Å². The summed E-state index contributed by atoms with van der Waals surface area (Å²) in [7, 11) is 1.59.